The molecule has 7 heteroatoms. The van der Waals surface area contributed by atoms with E-state index in [-0.39, 0.29) is 17.7 Å². The molecular formula is C22H26N4O3. The topological polar surface area (TPSA) is 95.2 Å². The molecule has 2 aromatic rings. The van der Waals surface area contributed by atoms with Crippen LogP contribution in [0.5, 0.6) is 0 Å². The third kappa shape index (κ3) is 4.05. The second-order valence-electron chi connectivity index (χ2n) is 7.49. The number of ether oxygens (including phenoxy) is 1. The lowest BCUT2D eigenvalue weighted by molar-refractivity contribution is -0.122. The molecule has 3 heterocycles. The summed E-state index contributed by atoms with van der Waals surface area (Å²) < 4.78 is 5.51. The standard InChI is InChI=1S/C22H26N4O3/c1-13-9-18-20(26-13)11-16-12-25-19-4-3-15(10-17(16)19)14(2)21(27)23-5-7-29-8-6-24-22(18)28/h3-4,9-11,14,25-26H,5-8,12H2,1-2H3,(H,23,27)(H,24,28)/b16-11+/t14-/m0/s1. The number of carbonyl (C=O) groups is 2. The van der Waals surface area contributed by atoms with Crippen molar-refractivity contribution < 1.29 is 14.3 Å². The minimum absolute atomic E-state index is 0.0232. The monoisotopic (exact) mass is 394 g/mol. The molecule has 1 aromatic heterocycles. The Hall–Kier alpha value is -3.06. The van der Waals surface area contributed by atoms with Gasteiger partial charge in [0, 0.05) is 36.6 Å². The summed E-state index contributed by atoms with van der Waals surface area (Å²) in [6, 6.07) is 7.93. The molecule has 0 radical (unpaired) electrons. The van der Waals surface area contributed by atoms with Crippen molar-refractivity contribution in [2.75, 3.05) is 38.2 Å². The first kappa shape index (κ1) is 19.3. The van der Waals surface area contributed by atoms with E-state index >= 15 is 0 Å². The van der Waals surface area contributed by atoms with E-state index in [4.69, 9.17) is 4.74 Å². The number of fused-ring (bicyclic) bond motifs is 2. The molecule has 0 spiro atoms. The Labute approximate surface area is 169 Å². The van der Waals surface area contributed by atoms with Crippen LogP contribution < -0.4 is 16.0 Å². The van der Waals surface area contributed by atoms with Gasteiger partial charge in [-0.15, -0.1) is 0 Å². The van der Waals surface area contributed by atoms with Crippen molar-refractivity contribution in [1.29, 1.82) is 0 Å². The highest BCUT2D eigenvalue weighted by molar-refractivity contribution is 6.01. The zero-order valence-corrected chi connectivity index (χ0v) is 16.7. The van der Waals surface area contributed by atoms with Crippen molar-refractivity contribution >= 4 is 29.2 Å². The summed E-state index contributed by atoms with van der Waals surface area (Å²) in [5, 5.41) is 9.20. The van der Waals surface area contributed by atoms with Gasteiger partial charge in [-0.05, 0) is 49.3 Å². The molecule has 2 aliphatic heterocycles. The lowest BCUT2D eigenvalue weighted by Crippen LogP contribution is -2.32. The molecule has 0 unspecified atom stereocenters. The molecule has 29 heavy (non-hydrogen) atoms. The van der Waals surface area contributed by atoms with Gasteiger partial charge in [-0.1, -0.05) is 6.07 Å². The van der Waals surface area contributed by atoms with E-state index in [1.807, 2.05) is 38.1 Å². The van der Waals surface area contributed by atoms with Crippen molar-refractivity contribution in [2.24, 2.45) is 0 Å². The van der Waals surface area contributed by atoms with Gasteiger partial charge in [0.1, 0.15) is 0 Å². The van der Waals surface area contributed by atoms with E-state index in [1.165, 1.54) is 0 Å². The highest BCUT2D eigenvalue weighted by Crippen LogP contribution is 2.35. The molecule has 4 rings (SSSR count). The summed E-state index contributed by atoms with van der Waals surface area (Å²) in [6.45, 7) is 6.17. The molecule has 1 atom stereocenters. The first-order valence-electron chi connectivity index (χ1n) is 9.95. The van der Waals surface area contributed by atoms with Crippen molar-refractivity contribution in [1.82, 2.24) is 15.6 Å². The Morgan fingerprint density at radius 2 is 1.79 bits per heavy atom. The number of carbonyl (C=O) groups excluding carboxylic acids is 2. The lowest BCUT2D eigenvalue weighted by Gasteiger charge is -2.14. The molecule has 7 nitrogen and oxygen atoms in total. The van der Waals surface area contributed by atoms with Gasteiger partial charge in [0.25, 0.3) is 5.91 Å². The van der Waals surface area contributed by atoms with Crippen LogP contribution in [0.25, 0.3) is 11.6 Å². The maximum Gasteiger partial charge on any atom is 0.253 e. The van der Waals surface area contributed by atoms with Gasteiger partial charge < -0.3 is 25.7 Å². The lowest BCUT2D eigenvalue weighted by atomic mass is 9.95. The molecular weight excluding hydrogens is 368 g/mol. The number of aromatic nitrogens is 1. The van der Waals surface area contributed by atoms with Gasteiger partial charge >= 0.3 is 0 Å². The molecule has 0 saturated heterocycles. The van der Waals surface area contributed by atoms with Crippen LogP contribution in [0, 0.1) is 6.92 Å². The van der Waals surface area contributed by atoms with E-state index in [0.717, 1.165) is 33.8 Å². The van der Waals surface area contributed by atoms with Crippen LogP contribution >= 0.6 is 0 Å². The molecule has 4 N–H and O–H groups in total. The fraction of sp³-hybridized carbons (Fsp3) is 0.364. The van der Waals surface area contributed by atoms with E-state index in [1.54, 1.807) is 0 Å². The number of benzene rings is 1. The molecule has 2 amide bonds. The van der Waals surface area contributed by atoms with Crippen LogP contribution in [-0.4, -0.2) is 49.6 Å². The van der Waals surface area contributed by atoms with Gasteiger partial charge in [-0.2, -0.15) is 0 Å². The van der Waals surface area contributed by atoms with Crippen molar-refractivity contribution in [3.05, 3.63) is 52.3 Å². The number of hydrogen-bond donors (Lipinski definition) is 4. The second kappa shape index (κ2) is 8.13. The summed E-state index contributed by atoms with van der Waals surface area (Å²) in [7, 11) is 0. The molecule has 2 aliphatic rings. The number of aryl methyl sites for hydroxylation is 1. The molecule has 152 valence electrons. The van der Waals surface area contributed by atoms with Gasteiger partial charge in [0.2, 0.25) is 5.91 Å². The third-order valence-electron chi connectivity index (χ3n) is 5.38. The molecule has 0 fully saturated rings. The van der Waals surface area contributed by atoms with Crippen LogP contribution in [0.2, 0.25) is 0 Å². The summed E-state index contributed by atoms with van der Waals surface area (Å²) in [6.07, 6.45) is 2.02. The average molecular weight is 394 g/mol. The Morgan fingerprint density at radius 1 is 1.00 bits per heavy atom. The predicted octanol–water partition coefficient (Wildman–Crippen LogP) is 2.27. The molecule has 0 saturated carbocycles. The maximum atomic E-state index is 12.6. The quantitative estimate of drug-likeness (QED) is 0.551. The van der Waals surface area contributed by atoms with Crippen molar-refractivity contribution in [2.45, 2.75) is 19.8 Å². The van der Waals surface area contributed by atoms with Gasteiger partial charge in [0.15, 0.2) is 0 Å². The van der Waals surface area contributed by atoms with E-state index < -0.39 is 0 Å². The number of H-pyrrole nitrogens is 1. The largest absolute Gasteiger partial charge is 0.380 e. The predicted molar refractivity (Wildman–Crippen MR) is 113 cm³/mol. The van der Waals surface area contributed by atoms with Gasteiger partial charge in [-0.25, -0.2) is 0 Å². The number of aromatic amines is 1. The summed E-state index contributed by atoms with van der Waals surface area (Å²) in [4.78, 5) is 28.4. The number of anilines is 1. The first-order valence-corrected chi connectivity index (χ1v) is 9.95. The smallest absolute Gasteiger partial charge is 0.253 e. The summed E-state index contributed by atoms with van der Waals surface area (Å²) >= 11 is 0. The number of nitrogens with one attached hydrogen (secondary N) is 4. The molecule has 0 aliphatic carbocycles. The van der Waals surface area contributed by atoms with Crippen LogP contribution in [-0.2, 0) is 9.53 Å². The van der Waals surface area contributed by atoms with Crippen LogP contribution in [0.4, 0.5) is 5.69 Å². The third-order valence-corrected chi connectivity index (χ3v) is 5.38. The normalized spacial score (nSPS) is 21.9. The van der Waals surface area contributed by atoms with E-state index in [0.29, 0.717) is 38.4 Å². The zero-order valence-electron chi connectivity index (χ0n) is 16.7. The van der Waals surface area contributed by atoms with E-state index in [2.05, 4.69) is 27.0 Å². The van der Waals surface area contributed by atoms with Crippen LogP contribution in [0.3, 0.4) is 0 Å². The van der Waals surface area contributed by atoms with Crippen molar-refractivity contribution in [3.8, 4) is 0 Å². The summed E-state index contributed by atoms with van der Waals surface area (Å²) in [5.41, 5.74) is 6.47. The minimum atomic E-state index is -0.260. The number of rotatable bonds is 0. The molecule has 2 bridgehead atoms. The highest BCUT2D eigenvalue weighted by Gasteiger charge is 2.22. The van der Waals surface area contributed by atoms with Gasteiger partial charge in [-0.3, -0.25) is 9.59 Å². The second-order valence-corrected chi connectivity index (χ2v) is 7.49. The minimum Gasteiger partial charge on any atom is -0.380 e. The number of hydrogen-bond acceptors (Lipinski definition) is 4. The van der Waals surface area contributed by atoms with Crippen molar-refractivity contribution in [3.63, 3.8) is 0 Å². The van der Waals surface area contributed by atoms with Gasteiger partial charge in [0.05, 0.1) is 30.4 Å². The number of amides is 2. The highest BCUT2D eigenvalue weighted by atomic mass is 16.5. The zero-order chi connectivity index (χ0) is 20.4. The maximum absolute atomic E-state index is 12.6. The Balaban J connectivity index is 1.74. The Morgan fingerprint density at radius 3 is 2.62 bits per heavy atom. The SMILES string of the molecule is Cc1cc2c([nH]1)/C=C1\CNc3ccc(cc31)[C@H](C)C(=O)NCCOCCNC2=O. The Bertz CT molecular complexity index is 976. The molecule has 1 aromatic carbocycles. The van der Waals surface area contributed by atoms with Crippen LogP contribution in [0.15, 0.2) is 24.3 Å². The average Bonchev–Trinajstić information content (AvgIpc) is 3.28. The fourth-order valence-corrected chi connectivity index (χ4v) is 3.74. The first-order chi connectivity index (χ1) is 14.0. The van der Waals surface area contributed by atoms with Crippen LogP contribution in [0.1, 0.15) is 45.7 Å². The Kier molecular flexibility index (Phi) is 5.40. The fourth-order valence-electron chi connectivity index (χ4n) is 3.74. The van der Waals surface area contributed by atoms with E-state index in [9.17, 15) is 9.59 Å². The summed E-state index contributed by atoms with van der Waals surface area (Å²) in [5.74, 6) is -0.412.